The van der Waals surface area contributed by atoms with Crippen molar-refractivity contribution < 1.29 is 23.5 Å². The molecule has 40 heavy (non-hydrogen) atoms. The molecule has 10 heteroatoms. The van der Waals surface area contributed by atoms with E-state index in [1.54, 1.807) is 25.0 Å². The smallest absolute Gasteiger partial charge is 0.494 e. The van der Waals surface area contributed by atoms with Crippen molar-refractivity contribution in [2.75, 3.05) is 27.4 Å². The molecule has 2 aromatic heterocycles. The fraction of sp³-hybridized carbons (Fsp3) is 0.467. The van der Waals surface area contributed by atoms with E-state index in [0.29, 0.717) is 36.6 Å². The highest BCUT2D eigenvalue weighted by atomic mass is 16.7. The number of pyridine rings is 1. The molecule has 9 nitrogen and oxygen atoms in total. The van der Waals surface area contributed by atoms with Gasteiger partial charge in [0.05, 0.1) is 60.6 Å². The van der Waals surface area contributed by atoms with Crippen LogP contribution in [0.5, 0.6) is 11.5 Å². The van der Waals surface area contributed by atoms with Crippen molar-refractivity contribution in [1.29, 1.82) is 0 Å². The Labute approximate surface area is 234 Å². The molecule has 210 valence electrons. The van der Waals surface area contributed by atoms with E-state index in [1.165, 1.54) is 0 Å². The molecule has 0 radical (unpaired) electrons. The van der Waals surface area contributed by atoms with Crippen molar-refractivity contribution in [3.8, 4) is 11.5 Å². The van der Waals surface area contributed by atoms with Crippen LogP contribution in [-0.2, 0) is 20.6 Å². The summed E-state index contributed by atoms with van der Waals surface area (Å²) in [5.74, 6) is 1.34. The minimum Gasteiger partial charge on any atom is -0.497 e. The van der Waals surface area contributed by atoms with Crippen molar-refractivity contribution in [3.05, 3.63) is 58.5 Å². The summed E-state index contributed by atoms with van der Waals surface area (Å²) < 4.78 is 33.2. The maximum absolute atomic E-state index is 14.2. The topological polar surface area (TPSA) is 86.0 Å². The van der Waals surface area contributed by atoms with E-state index in [-0.39, 0.29) is 11.6 Å². The lowest BCUT2D eigenvalue weighted by Crippen LogP contribution is -2.41. The molecule has 2 aliphatic heterocycles. The minimum atomic E-state index is -0.551. The van der Waals surface area contributed by atoms with Crippen LogP contribution in [0.25, 0.3) is 21.8 Å². The van der Waals surface area contributed by atoms with Gasteiger partial charge in [-0.3, -0.25) is 9.48 Å². The predicted octanol–water partition coefficient (Wildman–Crippen LogP) is 4.07. The van der Waals surface area contributed by atoms with Crippen LogP contribution in [0.4, 0.5) is 0 Å². The zero-order chi connectivity index (χ0) is 28.2. The van der Waals surface area contributed by atoms with Gasteiger partial charge in [0.2, 0.25) is 0 Å². The van der Waals surface area contributed by atoms with Crippen LogP contribution in [0.15, 0.2) is 47.4 Å². The minimum absolute atomic E-state index is 0.107. The van der Waals surface area contributed by atoms with Crippen molar-refractivity contribution in [1.82, 2.24) is 14.3 Å². The van der Waals surface area contributed by atoms with Crippen LogP contribution in [-0.4, -0.2) is 60.1 Å². The van der Waals surface area contributed by atoms with E-state index in [2.05, 4.69) is 6.07 Å². The summed E-state index contributed by atoms with van der Waals surface area (Å²) in [6.45, 7) is 9.83. The third-order valence-corrected chi connectivity index (χ3v) is 8.72. The van der Waals surface area contributed by atoms with E-state index in [4.69, 9.17) is 28.6 Å². The Morgan fingerprint density at radius 2 is 1.70 bits per heavy atom. The molecule has 0 N–H and O–H groups in total. The highest BCUT2D eigenvalue weighted by molar-refractivity contribution is 6.62. The Balaban J connectivity index is 1.55. The molecular weight excluding hydrogens is 509 g/mol. The second kappa shape index (κ2) is 9.94. The Morgan fingerprint density at radius 3 is 2.38 bits per heavy atom. The van der Waals surface area contributed by atoms with Crippen LogP contribution in [0.3, 0.4) is 0 Å². The molecule has 0 spiro atoms. The Bertz CT molecular complexity index is 1620. The summed E-state index contributed by atoms with van der Waals surface area (Å²) in [5.41, 5.74) is 2.30. The molecule has 2 fully saturated rings. The Hall–Kier alpha value is -3.34. The standard InChI is InChI=1S/C30H36BN3O6/c1-29(2)30(3,4)40-31(39-29)20-8-10-23-25(15-20)33(18-19-7-9-22(36-5)16-26(19)37-6)28(35)24-17-32-34(27(23)24)21-11-13-38-14-12-21/h7-10,15-17,21H,11-14,18H2,1-6H3. The van der Waals surface area contributed by atoms with E-state index in [0.717, 1.165) is 40.3 Å². The molecule has 0 bridgehead atoms. The molecule has 4 aromatic rings. The first-order valence-corrected chi connectivity index (χ1v) is 13.8. The van der Waals surface area contributed by atoms with E-state index in [9.17, 15) is 4.79 Å². The second-order valence-corrected chi connectivity index (χ2v) is 11.6. The molecule has 4 heterocycles. The van der Waals surface area contributed by atoms with Gasteiger partial charge in [-0.1, -0.05) is 12.1 Å². The molecule has 0 saturated carbocycles. The lowest BCUT2D eigenvalue weighted by atomic mass is 9.78. The van der Waals surface area contributed by atoms with Gasteiger partial charge in [-0.2, -0.15) is 5.10 Å². The SMILES string of the molecule is COc1ccc(Cn2c(=O)c3cnn(C4CCOCC4)c3c3ccc(B4OC(C)(C)C(C)(C)O4)cc32)c(OC)c1. The summed E-state index contributed by atoms with van der Waals surface area (Å²) in [5, 5.41) is 6.27. The second-order valence-electron chi connectivity index (χ2n) is 11.6. The van der Waals surface area contributed by atoms with E-state index < -0.39 is 18.3 Å². The molecule has 2 aromatic carbocycles. The first-order valence-electron chi connectivity index (χ1n) is 13.8. The molecule has 0 amide bonds. The number of aromatic nitrogens is 3. The number of hydrogen-bond donors (Lipinski definition) is 0. The van der Waals surface area contributed by atoms with Gasteiger partial charge in [0, 0.05) is 30.2 Å². The number of rotatable bonds is 6. The number of hydrogen-bond acceptors (Lipinski definition) is 7. The van der Waals surface area contributed by atoms with E-state index in [1.807, 2.05) is 62.7 Å². The highest BCUT2D eigenvalue weighted by Crippen LogP contribution is 2.37. The molecule has 2 saturated heterocycles. The van der Waals surface area contributed by atoms with Gasteiger partial charge in [0.1, 0.15) is 11.5 Å². The quantitative estimate of drug-likeness (QED) is 0.338. The Morgan fingerprint density at radius 1 is 0.975 bits per heavy atom. The fourth-order valence-corrected chi connectivity index (χ4v) is 5.66. The summed E-state index contributed by atoms with van der Waals surface area (Å²) in [4.78, 5) is 14.2. The van der Waals surface area contributed by atoms with Crippen LogP contribution >= 0.6 is 0 Å². The lowest BCUT2D eigenvalue weighted by Gasteiger charge is -2.32. The zero-order valence-corrected chi connectivity index (χ0v) is 24.0. The van der Waals surface area contributed by atoms with Crippen molar-refractivity contribution >= 4 is 34.4 Å². The summed E-state index contributed by atoms with van der Waals surface area (Å²) in [6, 6.07) is 11.9. The van der Waals surface area contributed by atoms with Gasteiger partial charge in [-0.15, -0.1) is 0 Å². The third-order valence-electron chi connectivity index (χ3n) is 8.72. The number of fused-ring (bicyclic) bond motifs is 3. The van der Waals surface area contributed by atoms with Crippen molar-refractivity contribution in [3.63, 3.8) is 0 Å². The molecular formula is C30H36BN3O6. The summed E-state index contributed by atoms with van der Waals surface area (Å²) in [6.07, 6.45) is 3.42. The van der Waals surface area contributed by atoms with Crippen LogP contribution in [0.1, 0.15) is 52.1 Å². The first kappa shape index (κ1) is 26.9. The predicted molar refractivity (Wildman–Crippen MR) is 155 cm³/mol. The molecule has 2 aliphatic rings. The van der Waals surface area contributed by atoms with Crippen molar-refractivity contribution in [2.45, 2.75) is 64.3 Å². The van der Waals surface area contributed by atoms with Gasteiger partial charge in [0.15, 0.2) is 0 Å². The Kier molecular flexibility index (Phi) is 6.68. The van der Waals surface area contributed by atoms with Crippen LogP contribution in [0.2, 0.25) is 0 Å². The maximum atomic E-state index is 14.2. The number of benzene rings is 2. The summed E-state index contributed by atoms with van der Waals surface area (Å²) in [7, 11) is 2.69. The third kappa shape index (κ3) is 4.38. The zero-order valence-electron chi connectivity index (χ0n) is 24.0. The van der Waals surface area contributed by atoms with Crippen molar-refractivity contribution in [2.24, 2.45) is 0 Å². The molecule has 0 aliphatic carbocycles. The average molecular weight is 545 g/mol. The molecule has 6 rings (SSSR count). The number of methoxy groups -OCH3 is 2. The van der Waals surface area contributed by atoms with Crippen LogP contribution < -0.4 is 20.5 Å². The van der Waals surface area contributed by atoms with Crippen LogP contribution in [0, 0.1) is 0 Å². The molecule has 0 atom stereocenters. The number of nitrogens with zero attached hydrogens (tertiary/aromatic N) is 3. The highest BCUT2D eigenvalue weighted by Gasteiger charge is 2.51. The van der Waals surface area contributed by atoms with Gasteiger partial charge < -0.3 is 28.1 Å². The van der Waals surface area contributed by atoms with Gasteiger partial charge in [-0.05, 0) is 64.2 Å². The number of ether oxygens (including phenoxy) is 3. The molecule has 0 unspecified atom stereocenters. The van der Waals surface area contributed by atoms with Gasteiger partial charge in [-0.25, -0.2) is 0 Å². The monoisotopic (exact) mass is 545 g/mol. The van der Waals surface area contributed by atoms with E-state index >= 15 is 0 Å². The van der Waals surface area contributed by atoms with Gasteiger partial charge >= 0.3 is 7.12 Å². The summed E-state index contributed by atoms with van der Waals surface area (Å²) >= 11 is 0. The first-order chi connectivity index (χ1) is 19.1. The normalized spacial score (nSPS) is 19.0. The maximum Gasteiger partial charge on any atom is 0.494 e. The average Bonchev–Trinajstić information content (AvgIpc) is 3.49. The lowest BCUT2D eigenvalue weighted by molar-refractivity contribution is 0.00578. The largest absolute Gasteiger partial charge is 0.497 e. The fourth-order valence-electron chi connectivity index (χ4n) is 5.66. The van der Waals surface area contributed by atoms with Gasteiger partial charge in [0.25, 0.3) is 5.56 Å².